The van der Waals surface area contributed by atoms with Gasteiger partial charge >= 0.3 is 6.18 Å². The number of hydrogen-bond donors (Lipinski definition) is 2. The number of carbonyl (C=O) groups is 1. The number of halogens is 5. The monoisotopic (exact) mass is 620 g/mol. The van der Waals surface area contributed by atoms with Crippen molar-refractivity contribution in [3.63, 3.8) is 0 Å². The first-order valence-corrected chi connectivity index (χ1v) is 14.9. The average Bonchev–Trinajstić information content (AvgIpc) is 3.28. The van der Waals surface area contributed by atoms with E-state index in [1.807, 2.05) is 7.05 Å². The number of rotatable bonds is 7. The first-order valence-electron chi connectivity index (χ1n) is 14.9. The maximum absolute atomic E-state index is 14.2. The van der Waals surface area contributed by atoms with Gasteiger partial charge in [0.2, 0.25) is 5.92 Å². The topological polar surface area (TPSA) is 77.7 Å². The standard InChI is InChI=1S/C29H33F5N6O.C3H8/c1-37-6-8-39(9-7-37)14-19-10-22-23(24(11-19)29(32,33)34)15-40(26(22)41)21-5-3-4-20(12-21)27(16-28(30,31)17-27)13-25(36)38(2)18-35;1-3-2/h3-5,10-12,18,35-36H,6-9,13-17H2,1-2H3;3H2,1-2H3. The molecule has 2 heterocycles. The van der Waals surface area contributed by atoms with Gasteiger partial charge in [0.25, 0.3) is 5.91 Å². The molecule has 0 unspecified atom stereocenters. The van der Waals surface area contributed by atoms with E-state index in [9.17, 15) is 26.7 Å². The molecule has 0 bridgehead atoms. The van der Waals surface area contributed by atoms with Crippen LogP contribution in [0.3, 0.4) is 0 Å². The first kappa shape index (κ1) is 33.5. The summed E-state index contributed by atoms with van der Waals surface area (Å²) in [7, 11) is 3.49. The Kier molecular flexibility index (Phi) is 9.84. The number of benzene rings is 2. The fraction of sp³-hybridized carbons (Fsp3) is 0.531. The summed E-state index contributed by atoms with van der Waals surface area (Å²) in [6.45, 7) is 7.33. The predicted octanol–water partition coefficient (Wildman–Crippen LogP) is 6.60. The second-order valence-corrected chi connectivity index (χ2v) is 12.2. The quantitative estimate of drug-likeness (QED) is 0.208. The van der Waals surface area contributed by atoms with Crippen LogP contribution >= 0.6 is 0 Å². The van der Waals surface area contributed by atoms with Gasteiger partial charge in [-0.15, -0.1) is 0 Å². The molecular formula is C32H41F5N6O. The summed E-state index contributed by atoms with van der Waals surface area (Å²) in [6, 6.07) is 9.12. The van der Waals surface area contributed by atoms with Crippen molar-refractivity contribution >= 4 is 23.8 Å². The number of carbonyl (C=O) groups excluding carboxylic acids is 1. The Balaban J connectivity index is 0.00000141. The Morgan fingerprint density at radius 3 is 2.27 bits per heavy atom. The molecule has 1 saturated carbocycles. The number of hydrogen-bond acceptors (Lipinski definition) is 5. The van der Waals surface area contributed by atoms with Crippen molar-refractivity contribution < 1.29 is 26.7 Å². The van der Waals surface area contributed by atoms with Gasteiger partial charge in [-0.25, -0.2) is 8.78 Å². The summed E-state index contributed by atoms with van der Waals surface area (Å²) in [5.74, 6) is -3.48. The fourth-order valence-electron chi connectivity index (χ4n) is 6.18. The van der Waals surface area contributed by atoms with E-state index in [1.165, 1.54) is 23.3 Å². The van der Waals surface area contributed by atoms with Gasteiger partial charge in [-0.2, -0.15) is 13.2 Å². The van der Waals surface area contributed by atoms with Crippen molar-refractivity contribution in [3.05, 3.63) is 64.2 Å². The van der Waals surface area contributed by atoms with E-state index in [0.717, 1.165) is 38.6 Å². The number of nitrogens with one attached hydrogen (secondary N) is 2. The Morgan fingerprint density at radius 1 is 1.07 bits per heavy atom. The van der Waals surface area contributed by atoms with Crippen LogP contribution in [-0.2, 0) is 24.7 Å². The molecule has 3 aliphatic rings. The number of nitrogens with zero attached hydrogens (tertiary/aromatic N) is 4. The molecule has 1 amide bonds. The third-order valence-electron chi connectivity index (χ3n) is 8.50. The minimum Gasteiger partial charge on any atom is -0.325 e. The van der Waals surface area contributed by atoms with Crippen LogP contribution in [-0.4, -0.2) is 79.0 Å². The Bertz CT molecular complexity index is 1380. The summed E-state index contributed by atoms with van der Waals surface area (Å²) in [6.07, 6.45) is -3.51. The molecule has 5 rings (SSSR count). The highest BCUT2D eigenvalue weighted by molar-refractivity contribution is 6.10. The van der Waals surface area contributed by atoms with Crippen LogP contribution in [0.4, 0.5) is 27.6 Å². The lowest BCUT2D eigenvalue weighted by atomic mass is 9.60. The van der Waals surface area contributed by atoms with Crippen molar-refractivity contribution in [2.45, 2.75) is 70.1 Å². The third kappa shape index (κ3) is 7.12. The summed E-state index contributed by atoms with van der Waals surface area (Å²) in [4.78, 5) is 20.3. The molecule has 1 aliphatic carbocycles. The number of piperazine rings is 1. The van der Waals surface area contributed by atoms with E-state index >= 15 is 0 Å². The molecule has 0 atom stereocenters. The minimum absolute atomic E-state index is 0.00624. The molecule has 2 fully saturated rings. The summed E-state index contributed by atoms with van der Waals surface area (Å²) in [5, 5.41) is 15.6. The number of anilines is 1. The smallest absolute Gasteiger partial charge is 0.325 e. The van der Waals surface area contributed by atoms with Crippen LogP contribution in [0.5, 0.6) is 0 Å². The van der Waals surface area contributed by atoms with Crippen LogP contribution in [0.25, 0.3) is 0 Å². The molecule has 2 N–H and O–H groups in total. The van der Waals surface area contributed by atoms with Crippen LogP contribution in [0.1, 0.15) is 72.1 Å². The van der Waals surface area contributed by atoms with E-state index in [2.05, 4.69) is 23.6 Å². The van der Waals surface area contributed by atoms with Gasteiger partial charge in [0, 0.05) is 75.7 Å². The summed E-state index contributed by atoms with van der Waals surface area (Å²) in [5.41, 5.74) is -0.768. The zero-order chi connectivity index (χ0) is 32.4. The molecule has 1 saturated heterocycles. The van der Waals surface area contributed by atoms with Crippen molar-refractivity contribution in [1.82, 2.24) is 14.7 Å². The van der Waals surface area contributed by atoms with Gasteiger partial charge < -0.3 is 14.7 Å². The Morgan fingerprint density at radius 2 is 1.70 bits per heavy atom. The number of alkyl halides is 5. The molecule has 0 radical (unpaired) electrons. The van der Waals surface area contributed by atoms with Crippen LogP contribution in [0.15, 0.2) is 36.4 Å². The average molecular weight is 621 g/mol. The second kappa shape index (κ2) is 12.9. The molecule has 2 aliphatic heterocycles. The van der Waals surface area contributed by atoms with E-state index < -0.39 is 41.8 Å². The number of likely N-dealkylation sites (N-methyl/N-ethyl adjacent to an activating group) is 1. The SMILES string of the molecule is CCC.CN1CCN(Cc2cc3c(c(C(F)(F)F)c2)CN(c2cccc(C4(CC(=N)N(C)C=N)CC(F)(F)C4)c2)C3=O)CC1. The normalized spacial score (nSPS) is 19.5. The van der Waals surface area contributed by atoms with E-state index in [4.69, 9.17) is 10.8 Å². The van der Waals surface area contributed by atoms with Crippen molar-refractivity contribution in [2.75, 3.05) is 45.2 Å². The molecule has 0 aromatic heterocycles. The molecule has 0 spiro atoms. The Hall–Kier alpha value is -3.38. The third-order valence-corrected chi connectivity index (χ3v) is 8.50. The minimum atomic E-state index is -4.65. The van der Waals surface area contributed by atoms with E-state index in [-0.39, 0.29) is 29.9 Å². The lowest BCUT2D eigenvalue weighted by molar-refractivity contribution is -0.138. The molecule has 44 heavy (non-hydrogen) atoms. The van der Waals surface area contributed by atoms with Gasteiger partial charge in [0.1, 0.15) is 5.84 Å². The fourth-order valence-corrected chi connectivity index (χ4v) is 6.18. The first-order chi connectivity index (χ1) is 20.6. The summed E-state index contributed by atoms with van der Waals surface area (Å²) < 4.78 is 71.0. The van der Waals surface area contributed by atoms with Crippen molar-refractivity contribution in [1.29, 1.82) is 10.8 Å². The highest BCUT2D eigenvalue weighted by Crippen LogP contribution is 2.56. The molecule has 12 heteroatoms. The van der Waals surface area contributed by atoms with E-state index in [0.29, 0.717) is 23.4 Å². The zero-order valence-corrected chi connectivity index (χ0v) is 25.7. The maximum atomic E-state index is 14.2. The van der Waals surface area contributed by atoms with Crippen LogP contribution in [0.2, 0.25) is 0 Å². The lowest BCUT2D eigenvalue weighted by Gasteiger charge is -2.48. The molecule has 240 valence electrons. The summed E-state index contributed by atoms with van der Waals surface area (Å²) >= 11 is 0. The highest BCUT2D eigenvalue weighted by Gasteiger charge is 2.57. The van der Waals surface area contributed by atoms with Crippen LogP contribution in [0, 0.1) is 10.8 Å². The van der Waals surface area contributed by atoms with Crippen molar-refractivity contribution in [2.24, 2.45) is 0 Å². The maximum Gasteiger partial charge on any atom is 0.416 e. The molecular weight excluding hydrogens is 579 g/mol. The predicted molar refractivity (Wildman–Crippen MR) is 162 cm³/mol. The highest BCUT2D eigenvalue weighted by atomic mass is 19.4. The molecule has 2 aromatic carbocycles. The zero-order valence-electron chi connectivity index (χ0n) is 25.7. The molecule has 2 aromatic rings. The van der Waals surface area contributed by atoms with Gasteiger partial charge in [-0.3, -0.25) is 20.5 Å². The van der Waals surface area contributed by atoms with Crippen LogP contribution < -0.4 is 4.90 Å². The van der Waals surface area contributed by atoms with Gasteiger partial charge in [0.05, 0.1) is 18.4 Å². The largest absolute Gasteiger partial charge is 0.416 e. The van der Waals surface area contributed by atoms with Crippen molar-refractivity contribution in [3.8, 4) is 0 Å². The number of amides is 1. The molecule has 7 nitrogen and oxygen atoms in total. The van der Waals surface area contributed by atoms with Gasteiger partial charge in [0.15, 0.2) is 0 Å². The number of amidine groups is 1. The lowest BCUT2D eigenvalue weighted by Crippen LogP contribution is -2.51. The Labute approximate surface area is 255 Å². The van der Waals surface area contributed by atoms with Gasteiger partial charge in [-0.1, -0.05) is 32.4 Å². The second-order valence-electron chi connectivity index (χ2n) is 12.2. The number of fused-ring (bicyclic) bond motifs is 1. The van der Waals surface area contributed by atoms with Gasteiger partial charge in [-0.05, 0) is 48.0 Å². The van der Waals surface area contributed by atoms with E-state index in [1.54, 1.807) is 30.3 Å².